The first kappa shape index (κ1) is 11.9. The van der Waals surface area contributed by atoms with Gasteiger partial charge in [-0.05, 0) is 38.3 Å². The van der Waals surface area contributed by atoms with Crippen molar-refractivity contribution in [2.75, 3.05) is 11.9 Å². The second-order valence-electron chi connectivity index (χ2n) is 4.36. The summed E-state index contributed by atoms with van der Waals surface area (Å²) in [5.41, 5.74) is 2.00. The average molecular weight is 234 g/mol. The molecule has 0 spiro atoms. The zero-order valence-corrected chi connectivity index (χ0v) is 10.2. The predicted molar refractivity (Wildman–Crippen MR) is 67.1 cm³/mol. The standard InChI is InChI=1S/C12H18N4O/c1-9-5-6-11-14-12(15-16(11)8-9)13-10(2)4-3-7-17/h5-6,8,10,17H,3-4,7H2,1-2H3,(H,13,15). The Kier molecular flexibility index (Phi) is 3.58. The van der Waals surface area contributed by atoms with E-state index in [2.05, 4.69) is 22.3 Å². The van der Waals surface area contributed by atoms with E-state index in [1.54, 1.807) is 4.52 Å². The zero-order chi connectivity index (χ0) is 12.3. The van der Waals surface area contributed by atoms with Gasteiger partial charge in [-0.3, -0.25) is 0 Å². The molecule has 0 aliphatic carbocycles. The first-order valence-electron chi connectivity index (χ1n) is 5.89. The number of rotatable bonds is 5. The maximum atomic E-state index is 8.76. The van der Waals surface area contributed by atoms with Crippen LogP contribution in [0.4, 0.5) is 5.95 Å². The first-order chi connectivity index (χ1) is 8.19. The van der Waals surface area contributed by atoms with E-state index >= 15 is 0 Å². The molecule has 1 unspecified atom stereocenters. The number of nitrogens with zero attached hydrogens (tertiary/aromatic N) is 3. The number of nitrogens with one attached hydrogen (secondary N) is 1. The molecule has 0 aliphatic heterocycles. The van der Waals surface area contributed by atoms with E-state index in [1.165, 1.54) is 0 Å². The Labute approximate surface area is 100 Å². The molecule has 2 N–H and O–H groups in total. The highest BCUT2D eigenvalue weighted by molar-refractivity contribution is 5.44. The van der Waals surface area contributed by atoms with Crippen LogP contribution >= 0.6 is 0 Å². The van der Waals surface area contributed by atoms with E-state index in [4.69, 9.17) is 5.11 Å². The number of aliphatic hydroxyl groups excluding tert-OH is 1. The lowest BCUT2D eigenvalue weighted by molar-refractivity contribution is 0.282. The molecule has 0 saturated heterocycles. The van der Waals surface area contributed by atoms with Crippen LogP contribution in [-0.2, 0) is 0 Å². The van der Waals surface area contributed by atoms with Gasteiger partial charge < -0.3 is 10.4 Å². The Hall–Kier alpha value is -1.62. The van der Waals surface area contributed by atoms with Gasteiger partial charge in [0.25, 0.3) is 0 Å². The molecule has 2 aromatic heterocycles. The van der Waals surface area contributed by atoms with E-state index in [0.717, 1.165) is 24.1 Å². The summed E-state index contributed by atoms with van der Waals surface area (Å²) in [5.74, 6) is 0.640. The van der Waals surface area contributed by atoms with Gasteiger partial charge in [0, 0.05) is 18.8 Å². The molecule has 2 heterocycles. The van der Waals surface area contributed by atoms with Gasteiger partial charge in [-0.2, -0.15) is 4.98 Å². The number of fused-ring (bicyclic) bond motifs is 1. The molecule has 5 heteroatoms. The van der Waals surface area contributed by atoms with Crippen LogP contribution in [0.1, 0.15) is 25.3 Å². The molecule has 0 aromatic carbocycles. The van der Waals surface area contributed by atoms with Crippen molar-refractivity contribution in [1.29, 1.82) is 0 Å². The minimum atomic E-state index is 0.226. The molecular weight excluding hydrogens is 216 g/mol. The van der Waals surface area contributed by atoms with E-state index in [-0.39, 0.29) is 12.6 Å². The first-order valence-corrected chi connectivity index (χ1v) is 5.89. The van der Waals surface area contributed by atoms with Crippen LogP contribution in [-0.4, -0.2) is 32.4 Å². The lowest BCUT2D eigenvalue weighted by Gasteiger charge is -2.10. The van der Waals surface area contributed by atoms with Crippen LogP contribution in [0.2, 0.25) is 0 Å². The molecule has 1 atom stereocenters. The molecule has 0 fully saturated rings. The highest BCUT2D eigenvalue weighted by atomic mass is 16.2. The van der Waals surface area contributed by atoms with E-state index in [9.17, 15) is 0 Å². The molecule has 0 amide bonds. The van der Waals surface area contributed by atoms with Crippen molar-refractivity contribution in [3.63, 3.8) is 0 Å². The van der Waals surface area contributed by atoms with Crippen molar-refractivity contribution in [3.05, 3.63) is 23.9 Å². The van der Waals surface area contributed by atoms with Crippen molar-refractivity contribution < 1.29 is 5.11 Å². The van der Waals surface area contributed by atoms with Gasteiger partial charge in [-0.25, -0.2) is 4.52 Å². The van der Waals surface area contributed by atoms with Crippen LogP contribution in [0.3, 0.4) is 0 Å². The van der Waals surface area contributed by atoms with Crippen LogP contribution in [0.5, 0.6) is 0 Å². The van der Waals surface area contributed by atoms with E-state index in [1.807, 2.05) is 25.3 Å². The average Bonchev–Trinajstić information content (AvgIpc) is 2.67. The van der Waals surface area contributed by atoms with Gasteiger partial charge >= 0.3 is 0 Å². The van der Waals surface area contributed by atoms with Crippen molar-refractivity contribution in [3.8, 4) is 0 Å². The third-order valence-electron chi connectivity index (χ3n) is 2.65. The highest BCUT2D eigenvalue weighted by Gasteiger charge is 2.06. The molecule has 0 aliphatic rings. The summed E-state index contributed by atoms with van der Waals surface area (Å²) in [6, 6.07) is 4.23. The molecule has 2 aromatic rings. The maximum absolute atomic E-state index is 8.76. The maximum Gasteiger partial charge on any atom is 0.243 e. The third-order valence-corrected chi connectivity index (χ3v) is 2.65. The second kappa shape index (κ2) is 5.14. The van der Waals surface area contributed by atoms with E-state index in [0.29, 0.717) is 5.95 Å². The van der Waals surface area contributed by atoms with Crippen molar-refractivity contribution in [1.82, 2.24) is 14.6 Å². The van der Waals surface area contributed by atoms with Gasteiger partial charge in [0.05, 0.1) is 0 Å². The molecular formula is C12H18N4O. The normalized spacial score (nSPS) is 12.9. The largest absolute Gasteiger partial charge is 0.396 e. The van der Waals surface area contributed by atoms with Crippen molar-refractivity contribution in [2.24, 2.45) is 0 Å². The molecule has 92 valence electrons. The highest BCUT2D eigenvalue weighted by Crippen LogP contribution is 2.09. The Morgan fingerprint density at radius 1 is 1.47 bits per heavy atom. The minimum absolute atomic E-state index is 0.226. The zero-order valence-electron chi connectivity index (χ0n) is 10.2. The van der Waals surface area contributed by atoms with Crippen molar-refractivity contribution >= 4 is 11.6 Å². The summed E-state index contributed by atoms with van der Waals surface area (Å²) < 4.78 is 1.77. The third kappa shape index (κ3) is 2.94. The van der Waals surface area contributed by atoms with Crippen LogP contribution in [0.15, 0.2) is 18.3 Å². The summed E-state index contributed by atoms with van der Waals surface area (Å²) in [4.78, 5) is 4.38. The Balaban J connectivity index is 2.08. The molecule has 0 bridgehead atoms. The number of pyridine rings is 1. The van der Waals surface area contributed by atoms with Gasteiger partial charge in [0.2, 0.25) is 5.95 Å². The van der Waals surface area contributed by atoms with E-state index < -0.39 is 0 Å². The Bertz CT molecular complexity index is 494. The van der Waals surface area contributed by atoms with Gasteiger partial charge in [0.15, 0.2) is 5.65 Å². The SMILES string of the molecule is Cc1ccc2nc(NC(C)CCCO)nn2c1. The summed E-state index contributed by atoms with van der Waals surface area (Å²) in [6.45, 7) is 4.31. The van der Waals surface area contributed by atoms with Crippen LogP contribution < -0.4 is 5.32 Å². The number of aromatic nitrogens is 3. The van der Waals surface area contributed by atoms with Gasteiger partial charge in [-0.15, -0.1) is 5.10 Å². The molecule has 0 radical (unpaired) electrons. The Morgan fingerprint density at radius 2 is 2.29 bits per heavy atom. The number of anilines is 1. The summed E-state index contributed by atoms with van der Waals surface area (Å²) in [6.07, 6.45) is 3.65. The second-order valence-corrected chi connectivity index (χ2v) is 4.36. The molecule has 5 nitrogen and oxygen atoms in total. The predicted octanol–water partition coefficient (Wildman–Crippen LogP) is 1.61. The van der Waals surface area contributed by atoms with Crippen LogP contribution in [0.25, 0.3) is 5.65 Å². The number of aliphatic hydroxyl groups is 1. The molecule has 2 rings (SSSR count). The minimum Gasteiger partial charge on any atom is -0.396 e. The molecule has 17 heavy (non-hydrogen) atoms. The monoisotopic (exact) mass is 234 g/mol. The smallest absolute Gasteiger partial charge is 0.243 e. The fourth-order valence-corrected chi connectivity index (χ4v) is 1.74. The fraction of sp³-hybridized carbons (Fsp3) is 0.500. The lowest BCUT2D eigenvalue weighted by atomic mass is 10.2. The Morgan fingerprint density at radius 3 is 3.06 bits per heavy atom. The van der Waals surface area contributed by atoms with Crippen molar-refractivity contribution in [2.45, 2.75) is 32.7 Å². The summed E-state index contributed by atoms with van der Waals surface area (Å²) in [7, 11) is 0. The summed E-state index contributed by atoms with van der Waals surface area (Å²) in [5, 5.41) is 16.3. The topological polar surface area (TPSA) is 62.5 Å². The van der Waals surface area contributed by atoms with Gasteiger partial charge in [0.1, 0.15) is 0 Å². The summed E-state index contributed by atoms with van der Waals surface area (Å²) >= 11 is 0. The number of hydrogen-bond acceptors (Lipinski definition) is 4. The quantitative estimate of drug-likeness (QED) is 0.825. The number of hydrogen-bond donors (Lipinski definition) is 2. The lowest BCUT2D eigenvalue weighted by Crippen LogP contribution is -2.16. The van der Waals surface area contributed by atoms with Crippen LogP contribution in [0, 0.1) is 6.92 Å². The molecule has 0 saturated carbocycles. The fourth-order valence-electron chi connectivity index (χ4n) is 1.74. The van der Waals surface area contributed by atoms with Gasteiger partial charge in [-0.1, -0.05) is 6.07 Å². The number of aryl methyl sites for hydroxylation is 1.